The van der Waals surface area contributed by atoms with Crippen LogP contribution in [0.3, 0.4) is 0 Å². The van der Waals surface area contributed by atoms with E-state index in [4.69, 9.17) is 4.52 Å². The maximum atomic E-state index is 12.4. The summed E-state index contributed by atoms with van der Waals surface area (Å²) in [5.41, 5.74) is 0. The Bertz CT molecular complexity index is 908. The molecule has 4 rings (SSSR count). The number of sulfonamides is 1. The second-order valence-electron chi connectivity index (χ2n) is 6.35. The molecule has 8 nitrogen and oxygen atoms in total. The zero-order valence-corrected chi connectivity index (χ0v) is 15.3. The summed E-state index contributed by atoms with van der Waals surface area (Å²) >= 11 is 1.27. The quantitative estimate of drug-likeness (QED) is 0.845. The number of likely N-dealkylation sites (tertiary alicyclic amines) is 1. The molecule has 0 spiro atoms. The van der Waals surface area contributed by atoms with E-state index in [2.05, 4.69) is 14.9 Å². The third kappa shape index (κ3) is 3.33. The van der Waals surface area contributed by atoms with Gasteiger partial charge in [-0.15, -0.1) is 11.3 Å². The van der Waals surface area contributed by atoms with Gasteiger partial charge < -0.3 is 9.42 Å². The molecule has 2 aromatic heterocycles. The molecule has 1 aliphatic carbocycles. The van der Waals surface area contributed by atoms with Gasteiger partial charge in [-0.3, -0.25) is 4.79 Å². The lowest BCUT2D eigenvalue weighted by atomic mass is 10.4. The van der Waals surface area contributed by atoms with Gasteiger partial charge in [0.15, 0.2) is 0 Å². The van der Waals surface area contributed by atoms with Crippen LogP contribution in [0.1, 0.15) is 41.2 Å². The van der Waals surface area contributed by atoms with Crippen LogP contribution in [0.25, 0.3) is 10.7 Å². The summed E-state index contributed by atoms with van der Waals surface area (Å²) in [7, 11) is -3.54. The van der Waals surface area contributed by atoms with Crippen LogP contribution in [0.15, 0.2) is 15.5 Å². The van der Waals surface area contributed by atoms with E-state index in [1.54, 1.807) is 17.9 Å². The summed E-state index contributed by atoms with van der Waals surface area (Å²) in [5, 5.41) is 3.85. The molecule has 0 atom stereocenters. The van der Waals surface area contributed by atoms with Crippen LogP contribution in [0.5, 0.6) is 0 Å². The molecule has 10 heteroatoms. The predicted molar refractivity (Wildman–Crippen MR) is 90.8 cm³/mol. The molecular formula is C15H18N4O4S2. The van der Waals surface area contributed by atoms with Gasteiger partial charge in [-0.2, -0.15) is 4.98 Å². The van der Waals surface area contributed by atoms with Gasteiger partial charge in [0.05, 0.1) is 9.77 Å². The first kappa shape index (κ1) is 16.7. The number of carbonyl (C=O) groups excluding carboxylic acids is 1. The van der Waals surface area contributed by atoms with Gasteiger partial charge in [-0.1, -0.05) is 5.16 Å². The van der Waals surface area contributed by atoms with Crippen molar-refractivity contribution in [3.63, 3.8) is 0 Å². The topological polar surface area (TPSA) is 105 Å². The maximum Gasteiger partial charge on any atom is 0.316 e. The monoisotopic (exact) mass is 382 g/mol. The minimum Gasteiger partial charge on any atom is -0.334 e. The molecule has 1 saturated carbocycles. The Balaban J connectivity index is 1.58. The van der Waals surface area contributed by atoms with Crippen molar-refractivity contribution in [1.29, 1.82) is 0 Å². The lowest BCUT2D eigenvalue weighted by Crippen LogP contribution is -2.27. The molecule has 3 heterocycles. The fourth-order valence-corrected chi connectivity index (χ4v) is 5.61. The number of hydrogen-bond acceptors (Lipinski definition) is 7. The number of aromatic nitrogens is 2. The molecule has 1 N–H and O–H groups in total. The average molecular weight is 382 g/mol. The number of rotatable bonds is 5. The summed E-state index contributed by atoms with van der Waals surface area (Å²) in [6.45, 7) is 3.14. The minimum atomic E-state index is -3.54. The third-order valence-electron chi connectivity index (χ3n) is 4.28. The van der Waals surface area contributed by atoms with Crippen molar-refractivity contribution in [1.82, 2.24) is 19.8 Å². The van der Waals surface area contributed by atoms with Crippen molar-refractivity contribution in [2.45, 2.75) is 43.5 Å². The Morgan fingerprint density at radius 2 is 2.08 bits per heavy atom. The number of nitrogens with one attached hydrogen (secondary N) is 1. The fraction of sp³-hybridized carbons (Fsp3) is 0.533. The Kier molecular flexibility index (Phi) is 4.13. The van der Waals surface area contributed by atoms with E-state index in [1.807, 2.05) is 0 Å². The normalized spacial score (nSPS) is 18.0. The molecule has 0 aromatic carbocycles. The highest BCUT2D eigenvalue weighted by Gasteiger charge is 2.31. The Labute approximate surface area is 149 Å². The first-order valence-corrected chi connectivity index (χ1v) is 10.5. The second kappa shape index (κ2) is 6.19. The number of carbonyl (C=O) groups is 1. The van der Waals surface area contributed by atoms with E-state index in [-0.39, 0.29) is 28.6 Å². The molecular weight excluding hydrogens is 364 g/mol. The highest BCUT2D eigenvalue weighted by Crippen LogP contribution is 2.33. The first-order valence-electron chi connectivity index (χ1n) is 8.20. The van der Waals surface area contributed by atoms with E-state index in [0.717, 1.165) is 25.7 Å². The molecule has 1 amide bonds. The number of amides is 1. The highest BCUT2D eigenvalue weighted by molar-refractivity contribution is 7.89. The summed E-state index contributed by atoms with van der Waals surface area (Å²) < 4.78 is 32.6. The number of thiophene rings is 1. The van der Waals surface area contributed by atoms with Gasteiger partial charge >= 0.3 is 11.8 Å². The van der Waals surface area contributed by atoms with Gasteiger partial charge in [0.2, 0.25) is 15.8 Å². The summed E-state index contributed by atoms with van der Waals surface area (Å²) in [5.74, 6) is -0.0836. The average Bonchev–Trinajstić information content (AvgIpc) is 3.05. The molecule has 134 valence electrons. The second-order valence-corrected chi connectivity index (χ2v) is 9.29. The van der Waals surface area contributed by atoms with Gasteiger partial charge in [-0.05, 0) is 38.7 Å². The van der Waals surface area contributed by atoms with Crippen LogP contribution in [-0.2, 0) is 10.0 Å². The van der Waals surface area contributed by atoms with Crippen LogP contribution in [-0.4, -0.2) is 48.5 Å². The predicted octanol–water partition coefficient (Wildman–Crippen LogP) is 1.78. The zero-order chi connectivity index (χ0) is 17.6. The Hall–Kier alpha value is -1.78. The molecule has 0 bridgehead atoms. The van der Waals surface area contributed by atoms with E-state index in [0.29, 0.717) is 22.8 Å². The van der Waals surface area contributed by atoms with Crippen LogP contribution in [0.4, 0.5) is 0 Å². The van der Waals surface area contributed by atoms with E-state index in [1.165, 1.54) is 11.3 Å². The van der Waals surface area contributed by atoms with Crippen molar-refractivity contribution in [3.05, 3.63) is 16.8 Å². The van der Waals surface area contributed by atoms with Crippen molar-refractivity contribution >= 4 is 27.3 Å². The number of aryl methyl sites for hydroxylation is 1. The van der Waals surface area contributed by atoms with Gasteiger partial charge in [0.25, 0.3) is 0 Å². The SMILES string of the molecule is Cc1sc(-c2noc(C(=O)N3CCCC3)n2)cc1S(=O)(=O)NC1CC1. The zero-order valence-electron chi connectivity index (χ0n) is 13.7. The largest absolute Gasteiger partial charge is 0.334 e. The van der Waals surface area contributed by atoms with Crippen LogP contribution >= 0.6 is 11.3 Å². The van der Waals surface area contributed by atoms with Crippen LogP contribution in [0, 0.1) is 6.92 Å². The number of nitrogens with zero attached hydrogens (tertiary/aromatic N) is 3. The van der Waals surface area contributed by atoms with Gasteiger partial charge in [-0.25, -0.2) is 13.1 Å². The van der Waals surface area contributed by atoms with E-state index < -0.39 is 10.0 Å². The molecule has 0 unspecified atom stereocenters. The van der Waals surface area contributed by atoms with Crippen LogP contribution < -0.4 is 4.72 Å². The van der Waals surface area contributed by atoms with Crippen LogP contribution in [0.2, 0.25) is 0 Å². The number of hydrogen-bond donors (Lipinski definition) is 1. The molecule has 2 fully saturated rings. The highest BCUT2D eigenvalue weighted by atomic mass is 32.2. The molecule has 25 heavy (non-hydrogen) atoms. The van der Waals surface area contributed by atoms with E-state index >= 15 is 0 Å². The first-order chi connectivity index (χ1) is 11.9. The maximum absolute atomic E-state index is 12.4. The van der Waals surface area contributed by atoms with Gasteiger partial charge in [0, 0.05) is 24.0 Å². The minimum absolute atomic E-state index is 0.0441. The molecule has 0 radical (unpaired) electrons. The Morgan fingerprint density at radius 1 is 1.36 bits per heavy atom. The van der Waals surface area contributed by atoms with Crippen molar-refractivity contribution in [2.75, 3.05) is 13.1 Å². The lowest BCUT2D eigenvalue weighted by molar-refractivity contribution is 0.0743. The summed E-state index contributed by atoms with van der Waals surface area (Å²) in [4.78, 5) is 19.6. The standard InChI is InChI=1S/C15H18N4O4S2/c1-9-12(25(21,22)18-10-4-5-10)8-11(24-9)13-16-14(23-17-13)15(20)19-6-2-3-7-19/h8,10,18H,2-7H2,1H3. The van der Waals surface area contributed by atoms with Gasteiger partial charge in [0.1, 0.15) is 0 Å². The third-order valence-corrected chi connectivity index (χ3v) is 7.11. The molecule has 1 saturated heterocycles. The lowest BCUT2D eigenvalue weighted by Gasteiger charge is -2.10. The summed E-state index contributed by atoms with van der Waals surface area (Å²) in [6, 6.07) is 1.59. The van der Waals surface area contributed by atoms with Crippen molar-refractivity contribution in [2.24, 2.45) is 0 Å². The molecule has 1 aliphatic heterocycles. The fourth-order valence-electron chi connectivity index (χ4n) is 2.79. The smallest absolute Gasteiger partial charge is 0.316 e. The molecule has 2 aromatic rings. The summed E-state index contributed by atoms with van der Waals surface area (Å²) in [6.07, 6.45) is 3.71. The Morgan fingerprint density at radius 3 is 2.76 bits per heavy atom. The van der Waals surface area contributed by atoms with E-state index in [9.17, 15) is 13.2 Å². The van der Waals surface area contributed by atoms with Crippen molar-refractivity contribution < 1.29 is 17.7 Å². The molecule has 2 aliphatic rings. The van der Waals surface area contributed by atoms with Crippen molar-refractivity contribution in [3.8, 4) is 10.7 Å².